The highest BCUT2D eigenvalue weighted by Crippen LogP contribution is 2.39. The third-order valence-electron chi connectivity index (χ3n) is 6.33. The number of fused-ring (bicyclic) bond motifs is 1. The van der Waals surface area contributed by atoms with Crippen molar-refractivity contribution in [2.75, 3.05) is 0 Å². The van der Waals surface area contributed by atoms with E-state index in [0.717, 1.165) is 28.7 Å². The number of phenols is 1. The van der Waals surface area contributed by atoms with Crippen LogP contribution in [0, 0.1) is 0 Å². The number of aromatic hydroxyl groups is 1. The molecule has 0 spiro atoms. The van der Waals surface area contributed by atoms with Gasteiger partial charge in [-0.1, -0.05) is 78.0 Å². The lowest BCUT2D eigenvalue weighted by atomic mass is 9.75. The van der Waals surface area contributed by atoms with E-state index in [2.05, 4.69) is 41.5 Å². The lowest BCUT2D eigenvalue weighted by molar-refractivity contribution is -0.114. The molecule has 3 rings (SSSR count). The summed E-state index contributed by atoms with van der Waals surface area (Å²) in [7, 11) is 0. The van der Waals surface area contributed by atoms with Gasteiger partial charge in [-0.3, -0.25) is 9.59 Å². The fourth-order valence-electron chi connectivity index (χ4n) is 4.09. The molecule has 0 heterocycles. The highest BCUT2D eigenvalue weighted by atomic mass is 16.3. The van der Waals surface area contributed by atoms with Gasteiger partial charge in [-0.2, -0.15) is 0 Å². The van der Waals surface area contributed by atoms with Gasteiger partial charge in [0.1, 0.15) is 5.75 Å². The molecule has 0 unspecified atom stereocenters. The lowest BCUT2D eigenvalue weighted by Crippen LogP contribution is -2.23. The molecule has 0 aliphatic heterocycles. The number of phenolic OH excluding ortho intramolecular Hbond substituents is 1. The van der Waals surface area contributed by atoms with Gasteiger partial charge < -0.3 is 5.11 Å². The average Bonchev–Trinajstić information content (AvgIpc) is 2.67. The van der Waals surface area contributed by atoms with Crippen molar-refractivity contribution in [3.63, 3.8) is 0 Å². The minimum atomic E-state index is -0.202. The van der Waals surface area contributed by atoms with Crippen molar-refractivity contribution in [1.29, 1.82) is 0 Å². The van der Waals surface area contributed by atoms with Gasteiger partial charge in [0.15, 0.2) is 11.6 Å². The van der Waals surface area contributed by atoms with Crippen molar-refractivity contribution < 1.29 is 14.7 Å². The van der Waals surface area contributed by atoms with E-state index in [9.17, 15) is 14.7 Å². The average molecular weight is 405 g/mol. The van der Waals surface area contributed by atoms with Crippen LogP contribution in [0.2, 0.25) is 0 Å². The Morgan fingerprint density at radius 3 is 2.33 bits per heavy atom. The molecule has 3 heteroatoms. The maximum atomic E-state index is 13.1. The van der Waals surface area contributed by atoms with Crippen LogP contribution < -0.4 is 0 Å². The van der Waals surface area contributed by atoms with Crippen LogP contribution in [-0.2, 0) is 28.5 Å². The maximum absolute atomic E-state index is 13.1. The largest absolute Gasteiger partial charge is 0.508 e. The summed E-state index contributed by atoms with van der Waals surface area (Å²) in [5.41, 5.74) is 4.18. The first kappa shape index (κ1) is 22.0. The monoisotopic (exact) mass is 404 g/mol. The number of ketones is 2. The summed E-state index contributed by atoms with van der Waals surface area (Å²) < 4.78 is 0. The molecule has 3 nitrogen and oxygen atoms in total. The molecule has 0 atom stereocenters. The third-order valence-corrected chi connectivity index (χ3v) is 6.33. The van der Waals surface area contributed by atoms with E-state index >= 15 is 0 Å². The van der Waals surface area contributed by atoms with E-state index < -0.39 is 0 Å². The quantitative estimate of drug-likeness (QED) is 0.636. The second kappa shape index (κ2) is 7.86. The van der Waals surface area contributed by atoms with Gasteiger partial charge in [-0.15, -0.1) is 0 Å². The zero-order valence-corrected chi connectivity index (χ0v) is 18.9. The van der Waals surface area contributed by atoms with Crippen LogP contribution in [0.25, 0.3) is 0 Å². The Morgan fingerprint density at radius 1 is 1.03 bits per heavy atom. The number of Topliss-reactive ketones (excluding diaryl/α,β-unsaturated/α-hetero) is 2. The number of benzene rings is 2. The van der Waals surface area contributed by atoms with E-state index in [-0.39, 0.29) is 40.1 Å². The molecular weight excluding hydrogens is 372 g/mol. The Labute approximate surface area is 179 Å². The SMILES string of the molecule is CCC(C)(C)c1cc(C(C)(C)C)c(CC(=O)C2=CCc3ccccc3C2=O)cc1O. The molecule has 158 valence electrons. The number of carbonyl (C=O) groups is 2. The molecule has 0 radical (unpaired) electrons. The summed E-state index contributed by atoms with van der Waals surface area (Å²) in [6.07, 6.45) is 3.33. The molecule has 0 fully saturated rings. The van der Waals surface area contributed by atoms with Gasteiger partial charge in [0.25, 0.3) is 0 Å². The zero-order valence-electron chi connectivity index (χ0n) is 18.9. The van der Waals surface area contributed by atoms with E-state index in [0.29, 0.717) is 12.0 Å². The molecule has 2 aromatic carbocycles. The molecule has 1 aliphatic rings. The number of rotatable bonds is 5. The second-order valence-corrected chi connectivity index (χ2v) is 9.92. The van der Waals surface area contributed by atoms with Crippen LogP contribution in [0.4, 0.5) is 0 Å². The molecule has 0 saturated heterocycles. The molecule has 0 amide bonds. The Bertz CT molecular complexity index is 1030. The third kappa shape index (κ3) is 4.12. The summed E-state index contributed by atoms with van der Waals surface area (Å²) in [6.45, 7) is 12.7. The fourth-order valence-corrected chi connectivity index (χ4v) is 4.09. The predicted molar refractivity (Wildman–Crippen MR) is 121 cm³/mol. The Morgan fingerprint density at radius 2 is 1.70 bits per heavy atom. The van der Waals surface area contributed by atoms with Crippen molar-refractivity contribution in [2.24, 2.45) is 0 Å². The Balaban J connectivity index is 1.99. The van der Waals surface area contributed by atoms with Gasteiger partial charge in [0.2, 0.25) is 0 Å². The van der Waals surface area contributed by atoms with Crippen LogP contribution in [-0.4, -0.2) is 16.7 Å². The van der Waals surface area contributed by atoms with Crippen LogP contribution >= 0.6 is 0 Å². The minimum absolute atomic E-state index is 0.104. The van der Waals surface area contributed by atoms with Gasteiger partial charge in [0.05, 0.1) is 5.57 Å². The van der Waals surface area contributed by atoms with E-state index in [1.165, 1.54) is 0 Å². The molecule has 0 aromatic heterocycles. The predicted octanol–water partition coefficient (Wildman–Crippen LogP) is 5.85. The first-order chi connectivity index (χ1) is 14.0. The molecule has 1 aliphatic carbocycles. The Hall–Kier alpha value is -2.68. The van der Waals surface area contributed by atoms with E-state index in [1.807, 2.05) is 24.3 Å². The zero-order chi connectivity index (χ0) is 22.3. The summed E-state index contributed by atoms with van der Waals surface area (Å²) in [4.78, 5) is 26.0. The van der Waals surface area contributed by atoms with Gasteiger partial charge in [0, 0.05) is 12.0 Å². The van der Waals surface area contributed by atoms with Gasteiger partial charge in [-0.05, 0) is 52.0 Å². The summed E-state index contributed by atoms with van der Waals surface area (Å²) in [5.74, 6) is -0.180. The Kier molecular flexibility index (Phi) is 5.77. The number of hydrogen-bond acceptors (Lipinski definition) is 3. The first-order valence-electron chi connectivity index (χ1n) is 10.7. The molecular formula is C27H32O3. The smallest absolute Gasteiger partial charge is 0.196 e. The fraction of sp³-hybridized carbons (Fsp3) is 0.407. The van der Waals surface area contributed by atoms with Crippen molar-refractivity contribution in [1.82, 2.24) is 0 Å². The number of carbonyl (C=O) groups excluding carboxylic acids is 2. The number of allylic oxidation sites excluding steroid dienone is 2. The van der Waals surface area contributed by atoms with Gasteiger partial charge >= 0.3 is 0 Å². The van der Waals surface area contributed by atoms with Crippen LogP contribution in [0.3, 0.4) is 0 Å². The summed E-state index contributed by atoms with van der Waals surface area (Å²) in [6, 6.07) is 11.2. The number of hydrogen-bond donors (Lipinski definition) is 1. The second-order valence-electron chi connectivity index (χ2n) is 9.92. The standard InChI is InChI=1S/C27H32O3/c1-7-27(5,6)22-16-21(26(2,3)4)18(15-24(22)29)14-23(28)20-13-12-17-10-8-9-11-19(17)25(20)30/h8-11,13,15-16,29H,7,12,14H2,1-6H3. The molecule has 2 aromatic rings. The van der Waals surface area contributed by atoms with E-state index in [4.69, 9.17) is 0 Å². The highest BCUT2D eigenvalue weighted by Gasteiger charge is 2.30. The normalized spacial score (nSPS) is 14.3. The molecule has 0 bridgehead atoms. The first-order valence-corrected chi connectivity index (χ1v) is 10.7. The lowest BCUT2D eigenvalue weighted by Gasteiger charge is -2.30. The van der Waals surface area contributed by atoms with Crippen molar-refractivity contribution >= 4 is 11.6 Å². The molecule has 1 N–H and O–H groups in total. The van der Waals surface area contributed by atoms with Crippen molar-refractivity contribution in [3.8, 4) is 5.75 Å². The molecule has 30 heavy (non-hydrogen) atoms. The molecule has 0 saturated carbocycles. The summed E-state index contributed by atoms with van der Waals surface area (Å²) in [5, 5.41) is 10.8. The van der Waals surface area contributed by atoms with Crippen LogP contribution in [0.1, 0.15) is 80.6 Å². The van der Waals surface area contributed by atoms with Crippen molar-refractivity contribution in [3.05, 3.63) is 75.9 Å². The topological polar surface area (TPSA) is 54.4 Å². The van der Waals surface area contributed by atoms with Crippen molar-refractivity contribution in [2.45, 2.75) is 71.6 Å². The minimum Gasteiger partial charge on any atom is -0.508 e. The maximum Gasteiger partial charge on any atom is 0.196 e. The summed E-state index contributed by atoms with van der Waals surface area (Å²) >= 11 is 0. The van der Waals surface area contributed by atoms with Gasteiger partial charge in [-0.25, -0.2) is 0 Å². The van der Waals surface area contributed by atoms with E-state index in [1.54, 1.807) is 18.2 Å². The van der Waals surface area contributed by atoms with Crippen LogP contribution in [0.5, 0.6) is 5.75 Å². The highest BCUT2D eigenvalue weighted by molar-refractivity contribution is 6.27. The van der Waals surface area contributed by atoms with Crippen LogP contribution in [0.15, 0.2) is 48.0 Å².